The molecule has 1 unspecified atom stereocenters. The molecule has 0 aliphatic rings. The van der Waals surface area contributed by atoms with Gasteiger partial charge in [-0.15, -0.1) is 0 Å². The van der Waals surface area contributed by atoms with E-state index in [1.54, 1.807) is 0 Å². The molecule has 0 radical (unpaired) electrons. The minimum Gasteiger partial charge on any atom is -0.330 e. The van der Waals surface area contributed by atoms with Gasteiger partial charge in [-0.3, -0.25) is 0 Å². The van der Waals surface area contributed by atoms with Crippen LogP contribution in [0.5, 0.6) is 0 Å². The standard InChI is InChI=1S/C13H21N/c1-9(2)13(8-14)12-6-10(3)5-11(4)7-12/h5-7,9,13H,8,14H2,1-4H3. The fourth-order valence-electron chi connectivity index (χ4n) is 2.02. The van der Waals surface area contributed by atoms with Crippen LogP contribution < -0.4 is 5.73 Å². The second-order valence-electron chi connectivity index (χ2n) is 4.51. The first-order valence-electron chi connectivity index (χ1n) is 5.33. The molecule has 0 amide bonds. The van der Waals surface area contributed by atoms with Crippen LogP contribution >= 0.6 is 0 Å². The van der Waals surface area contributed by atoms with Crippen LogP contribution in [0, 0.1) is 19.8 Å². The molecule has 1 heteroatoms. The van der Waals surface area contributed by atoms with Crippen LogP contribution in [0.1, 0.15) is 36.5 Å². The van der Waals surface area contributed by atoms with Crippen molar-refractivity contribution in [2.75, 3.05) is 6.54 Å². The van der Waals surface area contributed by atoms with Gasteiger partial charge in [-0.05, 0) is 37.8 Å². The Balaban J connectivity index is 3.04. The summed E-state index contributed by atoms with van der Waals surface area (Å²) >= 11 is 0. The van der Waals surface area contributed by atoms with Crippen molar-refractivity contribution in [3.05, 3.63) is 34.9 Å². The zero-order chi connectivity index (χ0) is 10.7. The average Bonchev–Trinajstić information content (AvgIpc) is 2.02. The van der Waals surface area contributed by atoms with Crippen molar-refractivity contribution >= 4 is 0 Å². The molecule has 1 aromatic carbocycles. The Bertz CT molecular complexity index is 282. The molecule has 2 N–H and O–H groups in total. The summed E-state index contributed by atoms with van der Waals surface area (Å²) in [4.78, 5) is 0. The van der Waals surface area contributed by atoms with E-state index < -0.39 is 0 Å². The van der Waals surface area contributed by atoms with Gasteiger partial charge in [0.05, 0.1) is 0 Å². The maximum Gasteiger partial charge on any atom is -0.000577 e. The number of benzene rings is 1. The Labute approximate surface area is 87.3 Å². The number of nitrogens with two attached hydrogens (primary N) is 1. The van der Waals surface area contributed by atoms with Gasteiger partial charge in [0.2, 0.25) is 0 Å². The fraction of sp³-hybridized carbons (Fsp3) is 0.538. The summed E-state index contributed by atoms with van der Waals surface area (Å²) in [7, 11) is 0. The first kappa shape index (κ1) is 11.3. The van der Waals surface area contributed by atoms with Gasteiger partial charge in [-0.1, -0.05) is 43.2 Å². The minimum absolute atomic E-state index is 0.494. The molecule has 1 nitrogen and oxygen atoms in total. The molecule has 1 atom stereocenters. The predicted molar refractivity (Wildman–Crippen MR) is 62.5 cm³/mol. The van der Waals surface area contributed by atoms with E-state index in [4.69, 9.17) is 5.73 Å². The molecule has 0 aromatic heterocycles. The summed E-state index contributed by atoms with van der Waals surface area (Å²) in [5.74, 6) is 1.11. The highest BCUT2D eigenvalue weighted by molar-refractivity contribution is 5.31. The maximum atomic E-state index is 5.81. The van der Waals surface area contributed by atoms with E-state index in [2.05, 4.69) is 45.9 Å². The third kappa shape index (κ3) is 2.58. The Morgan fingerprint density at radius 1 is 1.07 bits per heavy atom. The Morgan fingerprint density at radius 2 is 1.57 bits per heavy atom. The van der Waals surface area contributed by atoms with Gasteiger partial charge in [0.15, 0.2) is 0 Å². The molecule has 78 valence electrons. The van der Waals surface area contributed by atoms with Crippen LogP contribution in [0.2, 0.25) is 0 Å². The van der Waals surface area contributed by atoms with Crippen molar-refractivity contribution in [3.63, 3.8) is 0 Å². The molecule has 0 spiro atoms. The quantitative estimate of drug-likeness (QED) is 0.781. The highest BCUT2D eigenvalue weighted by atomic mass is 14.6. The van der Waals surface area contributed by atoms with Crippen LogP contribution in [0.25, 0.3) is 0 Å². The number of rotatable bonds is 3. The van der Waals surface area contributed by atoms with Crippen LogP contribution in [0.3, 0.4) is 0 Å². The fourth-order valence-corrected chi connectivity index (χ4v) is 2.02. The SMILES string of the molecule is Cc1cc(C)cc(C(CN)C(C)C)c1. The topological polar surface area (TPSA) is 26.0 Å². The van der Waals surface area contributed by atoms with Crippen molar-refractivity contribution in [2.45, 2.75) is 33.6 Å². The van der Waals surface area contributed by atoms with E-state index in [-0.39, 0.29) is 0 Å². The summed E-state index contributed by atoms with van der Waals surface area (Å²) < 4.78 is 0. The van der Waals surface area contributed by atoms with E-state index in [0.29, 0.717) is 11.8 Å². The zero-order valence-corrected chi connectivity index (χ0v) is 9.67. The van der Waals surface area contributed by atoms with Gasteiger partial charge in [-0.25, -0.2) is 0 Å². The average molecular weight is 191 g/mol. The molecular weight excluding hydrogens is 170 g/mol. The van der Waals surface area contributed by atoms with Crippen LogP contribution in [-0.4, -0.2) is 6.54 Å². The molecule has 0 saturated carbocycles. The summed E-state index contributed by atoms with van der Waals surface area (Å²) in [5, 5.41) is 0. The number of hydrogen-bond donors (Lipinski definition) is 1. The molecule has 0 aliphatic heterocycles. The second kappa shape index (κ2) is 4.61. The van der Waals surface area contributed by atoms with E-state index in [1.807, 2.05) is 0 Å². The Kier molecular flexibility index (Phi) is 3.70. The van der Waals surface area contributed by atoms with E-state index in [9.17, 15) is 0 Å². The van der Waals surface area contributed by atoms with Gasteiger partial charge in [0.25, 0.3) is 0 Å². The number of aryl methyl sites for hydroxylation is 2. The van der Waals surface area contributed by atoms with Gasteiger partial charge in [0.1, 0.15) is 0 Å². The minimum atomic E-state index is 0.494. The lowest BCUT2D eigenvalue weighted by Gasteiger charge is -2.20. The van der Waals surface area contributed by atoms with Gasteiger partial charge >= 0.3 is 0 Å². The summed E-state index contributed by atoms with van der Waals surface area (Å²) in [6, 6.07) is 6.71. The largest absolute Gasteiger partial charge is 0.330 e. The molecule has 0 fully saturated rings. The third-order valence-corrected chi connectivity index (χ3v) is 2.73. The normalized spacial score (nSPS) is 13.3. The van der Waals surface area contributed by atoms with Gasteiger partial charge in [0, 0.05) is 0 Å². The van der Waals surface area contributed by atoms with Crippen LogP contribution in [0.4, 0.5) is 0 Å². The highest BCUT2D eigenvalue weighted by Crippen LogP contribution is 2.24. The highest BCUT2D eigenvalue weighted by Gasteiger charge is 2.14. The smallest absolute Gasteiger partial charge is 0.000577 e. The van der Waals surface area contributed by atoms with Crippen LogP contribution in [-0.2, 0) is 0 Å². The van der Waals surface area contributed by atoms with Crippen molar-refractivity contribution in [2.24, 2.45) is 11.7 Å². The third-order valence-electron chi connectivity index (χ3n) is 2.73. The molecule has 1 rings (SSSR count). The molecule has 0 bridgehead atoms. The summed E-state index contributed by atoms with van der Waals surface area (Å²) in [5.41, 5.74) is 9.86. The summed E-state index contributed by atoms with van der Waals surface area (Å²) in [6.07, 6.45) is 0. The molecular formula is C13H21N. The lowest BCUT2D eigenvalue weighted by Crippen LogP contribution is -2.18. The lowest BCUT2D eigenvalue weighted by atomic mass is 9.87. The van der Waals surface area contributed by atoms with E-state index in [1.165, 1.54) is 16.7 Å². The zero-order valence-electron chi connectivity index (χ0n) is 9.67. The monoisotopic (exact) mass is 191 g/mol. The molecule has 0 aliphatic carbocycles. The molecule has 14 heavy (non-hydrogen) atoms. The van der Waals surface area contributed by atoms with Crippen LogP contribution in [0.15, 0.2) is 18.2 Å². The van der Waals surface area contributed by atoms with Crippen molar-refractivity contribution in [3.8, 4) is 0 Å². The molecule has 0 saturated heterocycles. The molecule has 1 aromatic rings. The second-order valence-corrected chi connectivity index (χ2v) is 4.51. The lowest BCUT2D eigenvalue weighted by molar-refractivity contribution is 0.506. The maximum absolute atomic E-state index is 5.81. The van der Waals surface area contributed by atoms with Crippen molar-refractivity contribution in [1.82, 2.24) is 0 Å². The van der Waals surface area contributed by atoms with E-state index >= 15 is 0 Å². The Morgan fingerprint density at radius 3 is 1.93 bits per heavy atom. The van der Waals surface area contributed by atoms with Crippen molar-refractivity contribution < 1.29 is 0 Å². The van der Waals surface area contributed by atoms with Gasteiger partial charge < -0.3 is 5.73 Å². The van der Waals surface area contributed by atoms with Gasteiger partial charge in [-0.2, -0.15) is 0 Å². The number of hydrogen-bond acceptors (Lipinski definition) is 1. The van der Waals surface area contributed by atoms with E-state index in [0.717, 1.165) is 6.54 Å². The first-order valence-corrected chi connectivity index (χ1v) is 5.33. The predicted octanol–water partition coefficient (Wildman–Crippen LogP) is 3.00. The Hall–Kier alpha value is -0.820. The summed E-state index contributed by atoms with van der Waals surface area (Å²) in [6.45, 7) is 9.49. The van der Waals surface area contributed by atoms with Crippen molar-refractivity contribution in [1.29, 1.82) is 0 Å². The first-order chi connectivity index (χ1) is 6.54. The molecule has 0 heterocycles.